The normalized spacial score (nSPS) is 14.1. The number of carbonyl (C=O) groups excluding carboxylic acids is 2. The van der Waals surface area contributed by atoms with Gasteiger partial charge in [0.15, 0.2) is 5.78 Å². The molecule has 1 saturated carbocycles. The van der Waals surface area contributed by atoms with Crippen LogP contribution >= 0.6 is 0 Å². The number of aromatic nitrogens is 2. The molecule has 6 nitrogen and oxygen atoms in total. The van der Waals surface area contributed by atoms with Crippen LogP contribution in [0, 0.1) is 0 Å². The number of Topliss-reactive ketones (excluding diaryl/α,β-unsaturated/α-hetero) is 1. The maximum Gasteiger partial charge on any atom is 0.274 e. The van der Waals surface area contributed by atoms with Gasteiger partial charge in [0, 0.05) is 23.8 Å². The van der Waals surface area contributed by atoms with E-state index in [1.54, 1.807) is 16.8 Å². The number of carbonyl (C=O) groups is 2. The zero-order valence-electron chi connectivity index (χ0n) is 16.8. The van der Waals surface area contributed by atoms with Crippen molar-refractivity contribution in [1.82, 2.24) is 15.1 Å². The van der Waals surface area contributed by atoms with Gasteiger partial charge in [0.05, 0.1) is 23.7 Å². The zero-order chi connectivity index (χ0) is 20.9. The van der Waals surface area contributed by atoms with E-state index in [1.807, 2.05) is 42.5 Å². The second-order valence-corrected chi connectivity index (χ2v) is 7.75. The summed E-state index contributed by atoms with van der Waals surface area (Å²) in [5.41, 5.74) is 1.22. The van der Waals surface area contributed by atoms with Gasteiger partial charge in [0.2, 0.25) is 5.91 Å². The van der Waals surface area contributed by atoms with Crippen LogP contribution < -0.4 is 10.9 Å². The summed E-state index contributed by atoms with van der Waals surface area (Å²) in [5.74, 6) is -0.257. The van der Waals surface area contributed by atoms with Gasteiger partial charge in [-0.2, -0.15) is 5.10 Å². The Balaban J connectivity index is 1.47. The van der Waals surface area contributed by atoms with E-state index in [-0.39, 0.29) is 42.7 Å². The molecule has 1 heterocycles. The van der Waals surface area contributed by atoms with E-state index in [0.717, 1.165) is 31.1 Å². The summed E-state index contributed by atoms with van der Waals surface area (Å²) in [6, 6.07) is 16.5. The van der Waals surface area contributed by atoms with Gasteiger partial charge in [-0.1, -0.05) is 61.4 Å². The summed E-state index contributed by atoms with van der Waals surface area (Å²) >= 11 is 0. The van der Waals surface area contributed by atoms with Crippen molar-refractivity contribution in [2.24, 2.45) is 0 Å². The van der Waals surface area contributed by atoms with Crippen LogP contribution in [-0.2, 0) is 11.3 Å². The third kappa shape index (κ3) is 4.32. The molecule has 30 heavy (non-hydrogen) atoms. The average Bonchev–Trinajstić information content (AvgIpc) is 3.32. The third-order valence-corrected chi connectivity index (χ3v) is 5.70. The van der Waals surface area contributed by atoms with Gasteiger partial charge in [0.25, 0.3) is 5.56 Å². The number of amides is 1. The molecule has 0 saturated heterocycles. The fraction of sp³-hybridized carbons (Fsp3) is 0.333. The lowest BCUT2D eigenvalue weighted by atomic mass is 10.1. The molecule has 0 aliphatic heterocycles. The van der Waals surface area contributed by atoms with Crippen molar-refractivity contribution in [3.63, 3.8) is 0 Å². The van der Waals surface area contributed by atoms with Crippen LogP contribution in [0.5, 0.6) is 0 Å². The van der Waals surface area contributed by atoms with Crippen molar-refractivity contribution >= 4 is 22.5 Å². The molecule has 1 amide bonds. The minimum absolute atomic E-state index is 0.0518. The highest BCUT2D eigenvalue weighted by Crippen LogP contribution is 2.28. The van der Waals surface area contributed by atoms with E-state index in [1.165, 1.54) is 0 Å². The van der Waals surface area contributed by atoms with Gasteiger partial charge in [0.1, 0.15) is 0 Å². The average molecular weight is 403 g/mol. The Labute approximate surface area is 174 Å². The summed E-state index contributed by atoms with van der Waals surface area (Å²) in [7, 11) is 0. The molecule has 4 rings (SSSR count). The second-order valence-electron chi connectivity index (χ2n) is 7.75. The number of rotatable bonds is 7. The zero-order valence-corrected chi connectivity index (χ0v) is 16.8. The summed E-state index contributed by atoms with van der Waals surface area (Å²) in [6.07, 6.45) is 4.40. The van der Waals surface area contributed by atoms with Crippen molar-refractivity contribution in [1.29, 1.82) is 0 Å². The van der Waals surface area contributed by atoms with Crippen LogP contribution in [0.25, 0.3) is 10.8 Å². The van der Waals surface area contributed by atoms with E-state index in [9.17, 15) is 14.4 Å². The van der Waals surface area contributed by atoms with Gasteiger partial charge < -0.3 is 5.32 Å². The van der Waals surface area contributed by atoms with Gasteiger partial charge in [-0.05, 0) is 18.9 Å². The number of nitrogens with one attached hydrogen (secondary N) is 1. The van der Waals surface area contributed by atoms with E-state index in [4.69, 9.17) is 0 Å². The van der Waals surface area contributed by atoms with Crippen LogP contribution in [0.4, 0.5) is 0 Å². The molecule has 0 atom stereocenters. The molecule has 1 aliphatic carbocycles. The number of benzene rings is 2. The molecule has 2 aromatic carbocycles. The van der Waals surface area contributed by atoms with Crippen molar-refractivity contribution in [2.45, 2.75) is 51.1 Å². The van der Waals surface area contributed by atoms with Crippen LogP contribution in [0.3, 0.4) is 0 Å². The van der Waals surface area contributed by atoms with Gasteiger partial charge in [-0.25, -0.2) is 4.68 Å². The SMILES string of the molecule is O=C(CCC(=O)c1ccccc1)NCc1nn(C2CCCC2)c(=O)c2ccccc12. The number of ketones is 1. The molecule has 0 radical (unpaired) electrons. The minimum atomic E-state index is -0.205. The Morgan fingerprint density at radius 2 is 1.60 bits per heavy atom. The predicted octanol–water partition coefficient (Wildman–Crippen LogP) is 3.79. The minimum Gasteiger partial charge on any atom is -0.350 e. The van der Waals surface area contributed by atoms with Crippen LogP contribution in [0.2, 0.25) is 0 Å². The molecular weight excluding hydrogens is 378 g/mol. The van der Waals surface area contributed by atoms with E-state index < -0.39 is 0 Å². The Morgan fingerprint density at radius 1 is 0.933 bits per heavy atom. The van der Waals surface area contributed by atoms with Crippen molar-refractivity contribution in [3.8, 4) is 0 Å². The van der Waals surface area contributed by atoms with E-state index in [0.29, 0.717) is 16.6 Å². The summed E-state index contributed by atoms with van der Waals surface area (Å²) in [5, 5.41) is 8.88. The molecule has 1 aromatic heterocycles. The van der Waals surface area contributed by atoms with Gasteiger partial charge in [-0.3, -0.25) is 14.4 Å². The quantitative estimate of drug-likeness (QED) is 0.609. The smallest absolute Gasteiger partial charge is 0.274 e. The first kappa shape index (κ1) is 20.0. The number of fused-ring (bicyclic) bond motifs is 1. The molecule has 0 unspecified atom stereocenters. The topological polar surface area (TPSA) is 81.1 Å². The first-order chi connectivity index (χ1) is 14.6. The maximum atomic E-state index is 12.9. The van der Waals surface area contributed by atoms with Crippen LogP contribution in [0.1, 0.15) is 60.6 Å². The highest BCUT2D eigenvalue weighted by Gasteiger charge is 2.21. The Bertz CT molecular complexity index is 1120. The van der Waals surface area contributed by atoms with E-state index in [2.05, 4.69) is 10.4 Å². The molecule has 1 fully saturated rings. The monoisotopic (exact) mass is 403 g/mol. The Hall–Kier alpha value is -3.28. The lowest BCUT2D eigenvalue weighted by molar-refractivity contribution is -0.121. The summed E-state index contributed by atoms with van der Waals surface area (Å²) in [4.78, 5) is 37.4. The molecular formula is C24H25N3O3. The molecule has 6 heteroatoms. The lowest BCUT2D eigenvalue weighted by Crippen LogP contribution is -2.30. The first-order valence-corrected chi connectivity index (χ1v) is 10.5. The highest BCUT2D eigenvalue weighted by atomic mass is 16.2. The largest absolute Gasteiger partial charge is 0.350 e. The second kappa shape index (κ2) is 9.03. The molecule has 1 N–H and O–H groups in total. The Kier molecular flexibility index (Phi) is 6.02. The standard InChI is InChI=1S/C24H25N3O3/c28-22(17-8-2-1-3-9-17)14-15-23(29)25-16-21-19-12-6-7-13-20(19)24(30)27(26-21)18-10-4-5-11-18/h1-3,6-9,12-13,18H,4-5,10-11,14-16H2,(H,25,29). The van der Waals surface area contributed by atoms with Gasteiger partial charge >= 0.3 is 0 Å². The maximum absolute atomic E-state index is 12.9. The number of hydrogen-bond acceptors (Lipinski definition) is 4. The summed E-state index contributed by atoms with van der Waals surface area (Å²) < 4.78 is 1.61. The van der Waals surface area contributed by atoms with Crippen LogP contribution in [-0.4, -0.2) is 21.5 Å². The van der Waals surface area contributed by atoms with Crippen molar-refractivity contribution < 1.29 is 9.59 Å². The van der Waals surface area contributed by atoms with E-state index >= 15 is 0 Å². The number of nitrogens with zero attached hydrogens (tertiary/aromatic N) is 2. The van der Waals surface area contributed by atoms with Crippen molar-refractivity contribution in [3.05, 3.63) is 76.2 Å². The molecule has 0 bridgehead atoms. The molecule has 0 spiro atoms. The van der Waals surface area contributed by atoms with Gasteiger partial charge in [-0.15, -0.1) is 0 Å². The molecule has 3 aromatic rings. The number of hydrogen-bond donors (Lipinski definition) is 1. The lowest BCUT2D eigenvalue weighted by Gasteiger charge is -2.16. The predicted molar refractivity (Wildman–Crippen MR) is 115 cm³/mol. The molecule has 154 valence electrons. The van der Waals surface area contributed by atoms with Crippen molar-refractivity contribution in [2.75, 3.05) is 0 Å². The third-order valence-electron chi connectivity index (χ3n) is 5.70. The summed E-state index contributed by atoms with van der Waals surface area (Å²) in [6.45, 7) is 0.228. The fourth-order valence-corrected chi connectivity index (χ4v) is 4.07. The first-order valence-electron chi connectivity index (χ1n) is 10.5. The fourth-order valence-electron chi connectivity index (χ4n) is 4.07. The highest BCUT2D eigenvalue weighted by molar-refractivity contribution is 5.97. The van der Waals surface area contributed by atoms with Crippen LogP contribution in [0.15, 0.2) is 59.4 Å². The Morgan fingerprint density at radius 3 is 2.33 bits per heavy atom. The molecule has 1 aliphatic rings.